The number of anilines is 1. The Labute approximate surface area is 108 Å². The first-order valence-corrected chi connectivity index (χ1v) is 7.54. The van der Waals surface area contributed by atoms with E-state index in [0.717, 1.165) is 0 Å². The van der Waals surface area contributed by atoms with Gasteiger partial charge in [0.15, 0.2) is 0 Å². The molecular formula is C12H18N2O3S. The number of nitrogens with zero attached hydrogens (tertiary/aromatic N) is 1. The number of hydrogen-bond donors (Lipinski definition) is 1. The summed E-state index contributed by atoms with van der Waals surface area (Å²) in [7, 11) is -3.31. The highest BCUT2D eigenvalue weighted by Crippen LogP contribution is 2.30. The molecule has 1 aromatic rings. The van der Waals surface area contributed by atoms with Gasteiger partial charge in [0.05, 0.1) is 17.5 Å². The van der Waals surface area contributed by atoms with Crippen molar-refractivity contribution in [2.24, 2.45) is 5.73 Å². The molecular weight excluding hydrogens is 252 g/mol. The summed E-state index contributed by atoms with van der Waals surface area (Å²) in [6.07, 6.45) is 0.581. The number of hydrogen-bond acceptors (Lipinski definition) is 4. The van der Waals surface area contributed by atoms with Gasteiger partial charge in [0.1, 0.15) is 5.75 Å². The second kappa shape index (κ2) is 5.16. The average molecular weight is 270 g/mol. The molecule has 5 nitrogen and oxygen atoms in total. The minimum atomic E-state index is -3.31. The minimum Gasteiger partial charge on any atom is -0.494 e. The molecule has 1 aliphatic heterocycles. The molecule has 2 N–H and O–H groups in total. The molecule has 1 aliphatic rings. The van der Waals surface area contributed by atoms with Crippen molar-refractivity contribution in [2.45, 2.75) is 18.6 Å². The van der Waals surface area contributed by atoms with Crippen molar-refractivity contribution >= 4 is 15.7 Å². The molecule has 1 atom stereocenters. The molecule has 0 saturated carbocycles. The zero-order valence-electron chi connectivity index (χ0n) is 10.4. The molecule has 0 aromatic heterocycles. The zero-order chi connectivity index (χ0) is 13.2. The zero-order valence-corrected chi connectivity index (χ0v) is 11.2. The molecule has 6 heteroatoms. The fourth-order valence-electron chi connectivity index (χ4n) is 2.13. The Balaban J connectivity index is 2.30. The van der Waals surface area contributed by atoms with Gasteiger partial charge in [-0.05, 0) is 25.5 Å². The molecule has 18 heavy (non-hydrogen) atoms. The maximum Gasteiger partial charge on any atom is 0.239 e. The summed E-state index contributed by atoms with van der Waals surface area (Å²) < 4.78 is 31.2. The molecule has 1 aromatic carbocycles. The Morgan fingerprint density at radius 2 is 2.28 bits per heavy atom. The van der Waals surface area contributed by atoms with E-state index < -0.39 is 15.3 Å². The van der Waals surface area contributed by atoms with Crippen molar-refractivity contribution < 1.29 is 13.2 Å². The lowest BCUT2D eigenvalue weighted by atomic mass is 10.2. The molecule has 0 bridgehead atoms. The van der Waals surface area contributed by atoms with Crippen LogP contribution in [0.15, 0.2) is 24.3 Å². The van der Waals surface area contributed by atoms with Crippen molar-refractivity contribution in [3.05, 3.63) is 24.3 Å². The van der Waals surface area contributed by atoms with E-state index in [2.05, 4.69) is 0 Å². The van der Waals surface area contributed by atoms with Crippen LogP contribution < -0.4 is 14.8 Å². The molecule has 1 saturated heterocycles. The van der Waals surface area contributed by atoms with Crippen LogP contribution in [0.1, 0.15) is 13.3 Å². The van der Waals surface area contributed by atoms with Crippen molar-refractivity contribution in [1.82, 2.24) is 0 Å². The van der Waals surface area contributed by atoms with Crippen molar-refractivity contribution in [3.8, 4) is 5.75 Å². The summed E-state index contributed by atoms with van der Waals surface area (Å²) in [4.78, 5) is 0. The predicted octanol–water partition coefficient (Wildman–Crippen LogP) is 0.952. The Morgan fingerprint density at radius 1 is 1.50 bits per heavy atom. The molecule has 0 amide bonds. The lowest BCUT2D eigenvalue weighted by Crippen LogP contribution is -2.33. The second-order valence-corrected chi connectivity index (χ2v) is 6.33. The van der Waals surface area contributed by atoms with Crippen LogP contribution in [0, 0.1) is 0 Å². The first-order chi connectivity index (χ1) is 8.59. The summed E-state index contributed by atoms with van der Waals surface area (Å²) in [5, 5.41) is -0.465. The van der Waals surface area contributed by atoms with E-state index in [9.17, 15) is 8.42 Å². The van der Waals surface area contributed by atoms with Crippen LogP contribution >= 0.6 is 0 Å². The third-order valence-electron chi connectivity index (χ3n) is 3.06. The molecule has 0 unspecified atom stereocenters. The highest BCUT2D eigenvalue weighted by atomic mass is 32.2. The van der Waals surface area contributed by atoms with E-state index in [1.54, 1.807) is 18.2 Å². The normalized spacial score (nSPS) is 22.1. The van der Waals surface area contributed by atoms with E-state index in [0.29, 0.717) is 31.0 Å². The lowest BCUT2D eigenvalue weighted by Gasteiger charge is -2.19. The lowest BCUT2D eigenvalue weighted by molar-refractivity contribution is 0.340. The number of sulfonamides is 1. The minimum absolute atomic E-state index is 0.171. The topological polar surface area (TPSA) is 72.6 Å². The van der Waals surface area contributed by atoms with E-state index in [4.69, 9.17) is 10.5 Å². The van der Waals surface area contributed by atoms with E-state index >= 15 is 0 Å². The highest BCUT2D eigenvalue weighted by Gasteiger charge is 2.37. The molecule has 0 aliphatic carbocycles. The summed E-state index contributed by atoms with van der Waals surface area (Å²) in [6.45, 7) is 3.11. The molecule has 100 valence electrons. The molecule has 1 heterocycles. The van der Waals surface area contributed by atoms with Gasteiger partial charge in [-0.25, -0.2) is 8.42 Å². The van der Waals surface area contributed by atoms with E-state index in [1.807, 2.05) is 13.0 Å². The van der Waals surface area contributed by atoms with Gasteiger partial charge in [-0.15, -0.1) is 0 Å². The van der Waals surface area contributed by atoms with Gasteiger partial charge in [-0.2, -0.15) is 0 Å². The number of benzene rings is 1. The molecule has 0 spiro atoms. The third-order valence-corrected chi connectivity index (χ3v) is 5.34. The number of nitrogens with two attached hydrogens (primary N) is 1. The smallest absolute Gasteiger partial charge is 0.239 e. The SMILES string of the molecule is CCOc1cccc(N2CC[C@@H](CN)S2(=O)=O)c1. The highest BCUT2D eigenvalue weighted by molar-refractivity contribution is 7.93. The Morgan fingerprint density at radius 3 is 2.89 bits per heavy atom. The van der Waals surface area contributed by atoms with Crippen LogP contribution in [0.5, 0.6) is 5.75 Å². The third kappa shape index (κ3) is 2.30. The Hall–Kier alpha value is -1.27. The van der Waals surface area contributed by atoms with Gasteiger partial charge in [-0.1, -0.05) is 6.07 Å². The first kappa shape index (κ1) is 13.2. The Kier molecular flexibility index (Phi) is 3.77. The van der Waals surface area contributed by atoms with Crippen molar-refractivity contribution in [2.75, 3.05) is 24.0 Å². The predicted molar refractivity (Wildman–Crippen MR) is 71.3 cm³/mol. The van der Waals surface area contributed by atoms with Crippen LogP contribution in [0.25, 0.3) is 0 Å². The quantitative estimate of drug-likeness (QED) is 0.884. The maximum atomic E-state index is 12.2. The summed E-state index contributed by atoms with van der Waals surface area (Å²) >= 11 is 0. The van der Waals surface area contributed by atoms with Gasteiger partial charge < -0.3 is 10.5 Å². The standard InChI is InChI=1S/C12H18N2O3S/c1-2-17-11-5-3-4-10(8-11)14-7-6-12(9-13)18(14,15)16/h3-5,8,12H,2,6-7,9,13H2,1H3/t12-/m0/s1. The summed E-state index contributed by atoms with van der Waals surface area (Å²) in [6, 6.07) is 7.14. The molecule has 2 rings (SSSR count). The summed E-state index contributed by atoms with van der Waals surface area (Å²) in [5.41, 5.74) is 6.15. The van der Waals surface area contributed by atoms with Crippen LogP contribution in [0.4, 0.5) is 5.69 Å². The largest absolute Gasteiger partial charge is 0.494 e. The van der Waals surface area contributed by atoms with E-state index in [-0.39, 0.29) is 6.54 Å². The van der Waals surface area contributed by atoms with Crippen LogP contribution in [-0.2, 0) is 10.0 Å². The molecule has 1 fully saturated rings. The van der Waals surface area contributed by atoms with Crippen LogP contribution in [0.3, 0.4) is 0 Å². The maximum absolute atomic E-state index is 12.2. The molecule has 0 radical (unpaired) electrons. The van der Waals surface area contributed by atoms with E-state index in [1.165, 1.54) is 4.31 Å². The first-order valence-electron chi connectivity index (χ1n) is 6.04. The Bertz CT molecular complexity index is 516. The van der Waals surface area contributed by atoms with Gasteiger partial charge in [0.2, 0.25) is 10.0 Å². The van der Waals surface area contributed by atoms with Crippen molar-refractivity contribution in [1.29, 1.82) is 0 Å². The number of rotatable bonds is 4. The van der Waals surface area contributed by atoms with Crippen molar-refractivity contribution in [3.63, 3.8) is 0 Å². The van der Waals surface area contributed by atoms with Gasteiger partial charge in [-0.3, -0.25) is 4.31 Å². The van der Waals surface area contributed by atoms with Gasteiger partial charge in [0, 0.05) is 19.2 Å². The fourth-order valence-corrected chi connectivity index (χ4v) is 3.90. The monoisotopic (exact) mass is 270 g/mol. The van der Waals surface area contributed by atoms with Crippen LogP contribution in [0.2, 0.25) is 0 Å². The van der Waals surface area contributed by atoms with Gasteiger partial charge >= 0.3 is 0 Å². The van der Waals surface area contributed by atoms with Gasteiger partial charge in [0.25, 0.3) is 0 Å². The number of ether oxygens (including phenoxy) is 1. The second-order valence-electron chi connectivity index (χ2n) is 4.19. The average Bonchev–Trinajstić information content (AvgIpc) is 2.64. The fraction of sp³-hybridized carbons (Fsp3) is 0.500. The van der Waals surface area contributed by atoms with Crippen LogP contribution in [-0.4, -0.2) is 33.4 Å². The summed E-state index contributed by atoms with van der Waals surface area (Å²) in [5.74, 6) is 0.682.